The van der Waals surface area contributed by atoms with Crippen LogP contribution in [0.1, 0.15) is 25.5 Å². The topological polar surface area (TPSA) is 55.0 Å². The van der Waals surface area contributed by atoms with Crippen molar-refractivity contribution in [3.63, 3.8) is 0 Å². The maximum atomic E-state index is 12.3. The van der Waals surface area contributed by atoms with Crippen molar-refractivity contribution < 1.29 is 13.2 Å². The first-order valence-electron chi connectivity index (χ1n) is 5.85. The molecule has 1 rings (SSSR count). The quantitative estimate of drug-likeness (QED) is 0.852. The van der Waals surface area contributed by atoms with Crippen molar-refractivity contribution >= 4 is 5.82 Å². The lowest BCUT2D eigenvalue weighted by atomic mass is 10.3. The van der Waals surface area contributed by atoms with Crippen LogP contribution in [0.25, 0.3) is 0 Å². The minimum absolute atomic E-state index is 0.423. The van der Waals surface area contributed by atoms with E-state index in [1.807, 2.05) is 11.8 Å². The summed E-state index contributed by atoms with van der Waals surface area (Å²) < 4.78 is 37.0. The van der Waals surface area contributed by atoms with E-state index in [1.54, 1.807) is 0 Å². The highest BCUT2D eigenvalue weighted by Gasteiger charge is 2.33. The van der Waals surface area contributed by atoms with E-state index in [1.165, 1.54) is 6.07 Å². The Kier molecular flexibility index (Phi) is 5.33. The van der Waals surface area contributed by atoms with Gasteiger partial charge < -0.3 is 10.6 Å². The fourth-order valence-electron chi connectivity index (χ4n) is 1.49. The van der Waals surface area contributed by atoms with Gasteiger partial charge in [-0.25, -0.2) is 0 Å². The fraction of sp³-hybridized carbons (Fsp3) is 0.636. The maximum absolute atomic E-state index is 12.3. The Labute approximate surface area is 104 Å². The van der Waals surface area contributed by atoms with Crippen molar-refractivity contribution in [2.75, 3.05) is 24.5 Å². The third-order valence-corrected chi connectivity index (χ3v) is 2.45. The number of hydrogen-bond acceptors (Lipinski definition) is 4. The third-order valence-electron chi connectivity index (χ3n) is 2.45. The van der Waals surface area contributed by atoms with Gasteiger partial charge in [0.2, 0.25) is 0 Å². The molecular weight excluding hydrogens is 245 g/mol. The molecule has 0 aliphatic rings. The van der Waals surface area contributed by atoms with Gasteiger partial charge in [-0.3, -0.25) is 0 Å². The van der Waals surface area contributed by atoms with Crippen LogP contribution in [-0.4, -0.2) is 29.8 Å². The van der Waals surface area contributed by atoms with Gasteiger partial charge in [0.15, 0.2) is 11.5 Å². The number of aromatic nitrogens is 2. The van der Waals surface area contributed by atoms with Crippen LogP contribution >= 0.6 is 0 Å². The van der Waals surface area contributed by atoms with E-state index < -0.39 is 11.9 Å². The van der Waals surface area contributed by atoms with Gasteiger partial charge in [-0.05, 0) is 18.6 Å². The van der Waals surface area contributed by atoms with Gasteiger partial charge in [0.1, 0.15) is 0 Å². The second-order valence-electron chi connectivity index (χ2n) is 3.90. The lowest BCUT2D eigenvalue weighted by Gasteiger charge is -2.22. The number of unbranched alkanes of at least 4 members (excludes halogenated alkanes) is 1. The molecule has 1 heterocycles. The molecule has 0 aliphatic heterocycles. The first-order valence-corrected chi connectivity index (χ1v) is 5.85. The van der Waals surface area contributed by atoms with Crippen molar-refractivity contribution in [2.45, 2.75) is 25.9 Å². The molecule has 18 heavy (non-hydrogen) atoms. The van der Waals surface area contributed by atoms with Gasteiger partial charge in [0, 0.05) is 19.6 Å². The molecule has 102 valence electrons. The third kappa shape index (κ3) is 4.14. The molecule has 1 aromatic rings. The van der Waals surface area contributed by atoms with Gasteiger partial charge in [-0.1, -0.05) is 13.3 Å². The molecule has 0 bridgehead atoms. The van der Waals surface area contributed by atoms with E-state index in [9.17, 15) is 13.2 Å². The molecule has 0 aromatic carbocycles. The molecular formula is C11H17F3N4. The lowest BCUT2D eigenvalue weighted by molar-refractivity contribution is -0.141. The van der Waals surface area contributed by atoms with E-state index in [4.69, 9.17) is 5.73 Å². The van der Waals surface area contributed by atoms with Crippen LogP contribution in [0.5, 0.6) is 0 Å². The van der Waals surface area contributed by atoms with E-state index in [2.05, 4.69) is 10.2 Å². The van der Waals surface area contributed by atoms with Crippen LogP contribution in [0, 0.1) is 0 Å². The summed E-state index contributed by atoms with van der Waals surface area (Å²) in [6.07, 6.45) is -2.52. The minimum Gasteiger partial charge on any atom is -0.354 e. The summed E-state index contributed by atoms with van der Waals surface area (Å²) in [5.74, 6) is 0.432. The molecule has 0 radical (unpaired) electrons. The van der Waals surface area contributed by atoms with Crippen molar-refractivity contribution in [3.8, 4) is 0 Å². The highest BCUT2D eigenvalue weighted by molar-refractivity contribution is 5.37. The van der Waals surface area contributed by atoms with Crippen LogP contribution in [0.2, 0.25) is 0 Å². The highest BCUT2D eigenvalue weighted by atomic mass is 19.4. The molecule has 0 unspecified atom stereocenters. The fourth-order valence-corrected chi connectivity index (χ4v) is 1.49. The molecule has 0 fully saturated rings. The number of anilines is 1. The Morgan fingerprint density at radius 1 is 1.22 bits per heavy atom. The average Bonchev–Trinajstić information content (AvgIpc) is 2.33. The molecule has 0 aliphatic carbocycles. The Morgan fingerprint density at radius 2 is 1.94 bits per heavy atom. The van der Waals surface area contributed by atoms with Crippen LogP contribution < -0.4 is 10.6 Å². The smallest absolute Gasteiger partial charge is 0.354 e. The number of alkyl halides is 3. The molecule has 7 heteroatoms. The van der Waals surface area contributed by atoms with Crippen molar-refractivity contribution in [1.29, 1.82) is 0 Å². The van der Waals surface area contributed by atoms with Gasteiger partial charge in [-0.2, -0.15) is 13.2 Å². The minimum atomic E-state index is -4.45. The molecule has 4 nitrogen and oxygen atoms in total. The van der Waals surface area contributed by atoms with Crippen LogP contribution in [0.15, 0.2) is 12.1 Å². The Morgan fingerprint density at radius 3 is 2.39 bits per heavy atom. The molecule has 0 saturated heterocycles. The van der Waals surface area contributed by atoms with E-state index in [-0.39, 0.29) is 0 Å². The highest BCUT2D eigenvalue weighted by Crippen LogP contribution is 2.27. The molecule has 0 atom stereocenters. The van der Waals surface area contributed by atoms with E-state index >= 15 is 0 Å². The summed E-state index contributed by atoms with van der Waals surface area (Å²) >= 11 is 0. The monoisotopic (exact) mass is 262 g/mol. The van der Waals surface area contributed by atoms with Gasteiger partial charge >= 0.3 is 6.18 Å². The molecule has 0 amide bonds. The zero-order valence-electron chi connectivity index (χ0n) is 10.2. The number of rotatable bonds is 6. The van der Waals surface area contributed by atoms with Crippen molar-refractivity contribution in [3.05, 3.63) is 17.8 Å². The summed E-state index contributed by atoms with van der Waals surface area (Å²) in [4.78, 5) is 1.84. The number of hydrogen-bond donors (Lipinski definition) is 1. The molecule has 0 saturated carbocycles. The van der Waals surface area contributed by atoms with Crippen LogP contribution in [0.4, 0.5) is 19.0 Å². The Hall–Kier alpha value is -1.37. The zero-order chi connectivity index (χ0) is 13.6. The summed E-state index contributed by atoms with van der Waals surface area (Å²) in [5, 5.41) is 6.82. The van der Waals surface area contributed by atoms with E-state index in [0.29, 0.717) is 25.5 Å². The van der Waals surface area contributed by atoms with Crippen molar-refractivity contribution in [2.24, 2.45) is 5.73 Å². The summed E-state index contributed by atoms with van der Waals surface area (Å²) in [6, 6.07) is 2.28. The van der Waals surface area contributed by atoms with Crippen molar-refractivity contribution in [1.82, 2.24) is 10.2 Å². The lowest BCUT2D eigenvalue weighted by Crippen LogP contribution is -2.31. The standard InChI is InChI=1S/C11H17F3N4/c1-2-3-7-18(8-6-15)10-5-4-9(16-17-10)11(12,13)14/h4-5H,2-3,6-8,15H2,1H3. The summed E-state index contributed by atoms with van der Waals surface area (Å²) in [5.41, 5.74) is 4.49. The number of halogens is 3. The summed E-state index contributed by atoms with van der Waals surface area (Å²) in [7, 11) is 0. The normalized spacial score (nSPS) is 11.6. The average molecular weight is 262 g/mol. The number of nitrogens with zero attached hydrogens (tertiary/aromatic N) is 3. The van der Waals surface area contributed by atoms with Gasteiger partial charge in [0.05, 0.1) is 0 Å². The maximum Gasteiger partial charge on any atom is 0.435 e. The molecule has 2 N–H and O–H groups in total. The zero-order valence-corrected chi connectivity index (χ0v) is 10.2. The first-order chi connectivity index (χ1) is 8.49. The Balaban J connectivity index is 2.79. The van der Waals surface area contributed by atoms with Gasteiger partial charge in [-0.15, -0.1) is 10.2 Å². The second-order valence-corrected chi connectivity index (χ2v) is 3.90. The predicted molar refractivity (Wildman–Crippen MR) is 63.2 cm³/mol. The first kappa shape index (κ1) is 14.7. The number of nitrogens with two attached hydrogens (primary N) is 1. The second kappa shape index (κ2) is 6.53. The van der Waals surface area contributed by atoms with Gasteiger partial charge in [0.25, 0.3) is 0 Å². The Bertz CT molecular complexity index is 350. The SMILES string of the molecule is CCCCN(CCN)c1ccc(C(F)(F)F)nn1. The molecule has 1 aromatic heterocycles. The summed E-state index contributed by atoms with van der Waals surface area (Å²) in [6.45, 7) is 3.74. The van der Waals surface area contributed by atoms with Crippen LogP contribution in [0.3, 0.4) is 0 Å². The van der Waals surface area contributed by atoms with E-state index in [0.717, 1.165) is 18.9 Å². The van der Waals surface area contributed by atoms with Crippen LogP contribution in [-0.2, 0) is 6.18 Å². The predicted octanol–water partition coefficient (Wildman–Crippen LogP) is 2.06. The molecule has 0 spiro atoms. The largest absolute Gasteiger partial charge is 0.435 e.